The number of hydrogen-bond donors (Lipinski definition) is 2. The van der Waals surface area contributed by atoms with E-state index in [2.05, 4.69) is 17.6 Å². The van der Waals surface area contributed by atoms with Crippen LogP contribution >= 0.6 is 0 Å². The van der Waals surface area contributed by atoms with E-state index in [1.807, 2.05) is 13.8 Å². The van der Waals surface area contributed by atoms with Gasteiger partial charge in [-0.15, -0.1) is 5.06 Å². The molecule has 11 nitrogen and oxygen atoms in total. The van der Waals surface area contributed by atoms with Gasteiger partial charge in [-0.25, -0.2) is 14.4 Å². The lowest BCUT2D eigenvalue weighted by molar-refractivity contribution is -0.199. The zero-order chi connectivity index (χ0) is 25.9. The van der Waals surface area contributed by atoms with Crippen LogP contribution in [-0.4, -0.2) is 58.8 Å². The number of unbranched alkanes of at least 4 members (excludes halogenated alkanes) is 2. The zero-order valence-electron chi connectivity index (χ0n) is 21.2. The van der Waals surface area contributed by atoms with Crippen molar-refractivity contribution in [1.82, 2.24) is 15.7 Å². The Balaban J connectivity index is 2.57. The largest absolute Gasteiger partial charge is 0.444 e. The van der Waals surface area contributed by atoms with Crippen LogP contribution in [0.5, 0.6) is 0 Å². The number of nitrogens with one attached hydrogen (secondary N) is 2. The van der Waals surface area contributed by atoms with Gasteiger partial charge in [-0.3, -0.25) is 9.59 Å². The molecule has 1 aliphatic heterocycles. The number of nitrogens with zero attached hydrogens (tertiary/aromatic N) is 1. The lowest BCUT2D eigenvalue weighted by Crippen LogP contribution is -2.47. The normalized spacial score (nSPS) is 15.1. The van der Waals surface area contributed by atoms with E-state index in [1.54, 1.807) is 20.8 Å². The van der Waals surface area contributed by atoms with Crippen LogP contribution in [0.15, 0.2) is 0 Å². The summed E-state index contributed by atoms with van der Waals surface area (Å²) in [7, 11) is 0. The van der Waals surface area contributed by atoms with Gasteiger partial charge in [0.1, 0.15) is 17.2 Å². The number of carbonyl (C=O) groups excluding carboxylic acids is 5. The highest BCUT2D eigenvalue weighted by molar-refractivity contribution is 6.01. The number of carbonyl (C=O) groups is 5. The number of alkyl carbamates (subject to hydrolysis) is 2. The van der Waals surface area contributed by atoms with E-state index in [0.29, 0.717) is 24.4 Å². The van der Waals surface area contributed by atoms with Crippen LogP contribution < -0.4 is 10.6 Å². The quantitative estimate of drug-likeness (QED) is 0.317. The molecule has 1 fully saturated rings. The topological polar surface area (TPSA) is 140 Å². The van der Waals surface area contributed by atoms with E-state index < -0.39 is 47.2 Å². The standard InChI is InChI=1S/C23H39N3O8/c1-7-8-14-23(5,6)33-20(30)24-15-10-9-11-16(25-21(31)32-22(2,3)4)19(29)34-26-17(27)12-13-18(26)28/h16H,7-15H2,1-6H3,(H,24,30)(H,25,31)/t16-/m0/s1. The van der Waals surface area contributed by atoms with Crippen LogP contribution in [0.4, 0.5) is 9.59 Å². The summed E-state index contributed by atoms with van der Waals surface area (Å²) in [6, 6.07) is -1.14. The fourth-order valence-corrected chi connectivity index (χ4v) is 3.11. The molecule has 0 radical (unpaired) electrons. The predicted octanol–water partition coefficient (Wildman–Crippen LogP) is 3.35. The minimum atomic E-state index is -1.14. The average molecular weight is 486 g/mol. The van der Waals surface area contributed by atoms with Crippen molar-refractivity contribution in [3.63, 3.8) is 0 Å². The molecule has 0 aromatic carbocycles. The van der Waals surface area contributed by atoms with E-state index in [0.717, 1.165) is 19.3 Å². The molecule has 0 spiro atoms. The van der Waals surface area contributed by atoms with Gasteiger partial charge < -0.3 is 24.9 Å². The number of rotatable bonds is 12. The minimum Gasteiger partial charge on any atom is -0.444 e. The summed E-state index contributed by atoms with van der Waals surface area (Å²) in [6.45, 7) is 11.1. The molecular formula is C23H39N3O8. The molecule has 1 heterocycles. The van der Waals surface area contributed by atoms with Gasteiger partial charge in [-0.05, 0) is 66.7 Å². The van der Waals surface area contributed by atoms with E-state index in [9.17, 15) is 24.0 Å². The van der Waals surface area contributed by atoms with Crippen molar-refractivity contribution < 1.29 is 38.3 Å². The van der Waals surface area contributed by atoms with Gasteiger partial charge in [-0.2, -0.15) is 0 Å². The second-order valence-corrected chi connectivity index (χ2v) is 9.87. The van der Waals surface area contributed by atoms with Gasteiger partial charge in [0.25, 0.3) is 11.8 Å². The highest BCUT2D eigenvalue weighted by Crippen LogP contribution is 2.18. The van der Waals surface area contributed by atoms with Crippen molar-refractivity contribution >= 4 is 30.0 Å². The van der Waals surface area contributed by atoms with Crippen molar-refractivity contribution in [1.29, 1.82) is 0 Å². The zero-order valence-corrected chi connectivity index (χ0v) is 21.2. The molecule has 0 saturated carbocycles. The number of amides is 4. The SMILES string of the molecule is CCCCC(C)(C)OC(=O)NCCCC[C@H](NC(=O)OC(C)(C)C)C(=O)ON1C(=O)CCC1=O. The second-order valence-electron chi connectivity index (χ2n) is 9.87. The minimum absolute atomic E-state index is 0.0344. The van der Waals surface area contributed by atoms with E-state index in [1.165, 1.54) is 0 Å². The van der Waals surface area contributed by atoms with Crippen molar-refractivity contribution in [2.45, 2.75) is 110 Å². The Bertz CT molecular complexity index is 729. The molecule has 1 atom stereocenters. The molecule has 0 unspecified atom stereocenters. The van der Waals surface area contributed by atoms with Gasteiger partial charge in [0.15, 0.2) is 0 Å². The molecule has 1 aliphatic rings. The Kier molecular flexibility index (Phi) is 11.3. The van der Waals surface area contributed by atoms with Crippen LogP contribution in [0, 0.1) is 0 Å². The Morgan fingerprint density at radius 1 is 0.941 bits per heavy atom. The first-order valence-corrected chi connectivity index (χ1v) is 11.8. The van der Waals surface area contributed by atoms with E-state index >= 15 is 0 Å². The third-order valence-corrected chi connectivity index (χ3v) is 4.85. The third-order valence-electron chi connectivity index (χ3n) is 4.85. The first-order chi connectivity index (χ1) is 15.7. The second kappa shape index (κ2) is 13.1. The fourth-order valence-electron chi connectivity index (χ4n) is 3.11. The smallest absolute Gasteiger partial charge is 0.408 e. The number of hydroxylamine groups is 2. The predicted molar refractivity (Wildman–Crippen MR) is 122 cm³/mol. The Labute approximate surface area is 201 Å². The van der Waals surface area contributed by atoms with Crippen molar-refractivity contribution in [2.24, 2.45) is 0 Å². The van der Waals surface area contributed by atoms with Gasteiger partial charge in [-0.1, -0.05) is 13.3 Å². The summed E-state index contributed by atoms with van der Waals surface area (Å²) < 4.78 is 10.6. The van der Waals surface area contributed by atoms with Gasteiger partial charge in [0, 0.05) is 19.4 Å². The summed E-state index contributed by atoms with van der Waals surface area (Å²) in [5.41, 5.74) is -1.34. The van der Waals surface area contributed by atoms with E-state index in [-0.39, 0.29) is 19.3 Å². The number of ether oxygens (including phenoxy) is 2. The van der Waals surface area contributed by atoms with Crippen LogP contribution in [0.1, 0.15) is 92.9 Å². The van der Waals surface area contributed by atoms with Gasteiger partial charge >= 0.3 is 18.2 Å². The van der Waals surface area contributed by atoms with E-state index in [4.69, 9.17) is 14.3 Å². The summed E-state index contributed by atoms with van der Waals surface area (Å²) in [5, 5.41) is 5.54. The molecule has 0 bridgehead atoms. The molecule has 194 valence electrons. The van der Waals surface area contributed by atoms with Crippen LogP contribution in [-0.2, 0) is 28.7 Å². The maximum Gasteiger partial charge on any atom is 0.408 e. The number of hydrogen-bond acceptors (Lipinski definition) is 8. The third kappa shape index (κ3) is 11.3. The molecule has 34 heavy (non-hydrogen) atoms. The maximum atomic E-state index is 12.6. The molecule has 2 N–H and O–H groups in total. The summed E-state index contributed by atoms with van der Waals surface area (Å²) in [6.07, 6.45) is 2.38. The molecule has 1 saturated heterocycles. The van der Waals surface area contributed by atoms with Crippen molar-refractivity contribution in [2.75, 3.05) is 6.54 Å². The lowest BCUT2D eigenvalue weighted by Gasteiger charge is -2.25. The van der Waals surface area contributed by atoms with Crippen LogP contribution in [0.3, 0.4) is 0 Å². The molecule has 0 aromatic rings. The molecule has 0 aromatic heterocycles. The molecule has 4 amide bonds. The average Bonchev–Trinajstić information content (AvgIpc) is 3.01. The highest BCUT2D eigenvalue weighted by Gasteiger charge is 2.35. The first-order valence-electron chi connectivity index (χ1n) is 11.8. The summed E-state index contributed by atoms with van der Waals surface area (Å²) in [5.74, 6) is -2.17. The monoisotopic (exact) mass is 485 g/mol. The van der Waals surface area contributed by atoms with Crippen molar-refractivity contribution in [3.05, 3.63) is 0 Å². The molecule has 1 rings (SSSR count). The number of imide groups is 1. The molecule has 0 aliphatic carbocycles. The molecule has 11 heteroatoms. The Hall–Kier alpha value is -2.85. The fraction of sp³-hybridized carbons (Fsp3) is 0.783. The lowest BCUT2D eigenvalue weighted by atomic mass is 10.0. The summed E-state index contributed by atoms with van der Waals surface area (Å²) >= 11 is 0. The van der Waals surface area contributed by atoms with Gasteiger partial charge in [0.2, 0.25) is 0 Å². The first kappa shape index (κ1) is 29.2. The summed E-state index contributed by atoms with van der Waals surface area (Å²) in [4.78, 5) is 65.2. The maximum absolute atomic E-state index is 12.6. The van der Waals surface area contributed by atoms with Crippen LogP contribution in [0.2, 0.25) is 0 Å². The van der Waals surface area contributed by atoms with Crippen LogP contribution in [0.25, 0.3) is 0 Å². The van der Waals surface area contributed by atoms with Gasteiger partial charge in [0.05, 0.1) is 0 Å². The highest BCUT2D eigenvalue weighted by atomic mass is 16.7. The Morgan fingerprint density at radius 2 is 1.56 bits per heavy atom. The molecular weight excluding hydrogens is 446 g/mol. The van der Waals surface area contributed by atoms with Crippen molar-refractivity contribution in [3.8, 4) is 0 Å². The Morgan fingerprint density at radius 3 is 2.12 bits per heavy atom.